The maximum atomic E-state index is 11.7. The number of guanidine groups is 1. The van der Waals surface area contributed by atoms with Crippen molar-refractivity contribution in [2.24, 2.45) is 4.99 Å². The Bertz CT molecular complexity index is 485. The summed E-state index contributed by atoms with van der Waals surface area (Å²) in [4.78, 5) is 22.5. The van der Waals surface area contributed by atoms with Crippen molar-refractivity contribution in [1.82, 2.24) is 15.3 Å². The third-order valence-corrected chi connectivity index (χ3v) is 2.12. The van der Waals surface area contributed by atoms with Gasteiger partial charge >= 0.3 is 0 Å². The van der Waals surface area contributed by atoms with Crippen LogP contribution in [0.1, 0.15) is 5.82 Å². The number of hydrogen-bond acceptors (Lipinski definition) is 6. The number of ether oxygens (including phenoxy) is 1. The number of H-pyrrole nitrogens is 1. The molecule has 0 saturated heterocycles. The summed E-state index contributed by atoms with van der Waals surface area (Å²) in [7, 11) is 1.47. The first kappa shape index (κ1) is 13.5. The van der Waals surface area contributed by atoms with Gasteiger partial charge in [-0.05, 0) is 6.92 Å². The number of aliphatic imine (C=N–C) groups is 1. The van der Waals surface area contributed by atoms with E-state index < -0.39 is 0 Å². The van der Waals surface area contributed by atoms with Gasteiger partial charge in [0.15, 0.2) is 11.6 Å². The summed E-state index contributed by atoms with van der Waals surface area (Å²) in [5, 5.41) is 5.86. The van der Waals surface area contributed by atoms with Crippen molar-refractivity contribution >= 4 is 28.6 Å². The van der Waals surface area contributed by atoms with E-state index >= 15 is 0 Å². The molecule has 1 aromatic rings. The predicted molar refractivity (Wildman–Crippen MR) is 70.4 cm³/mol. The van der Waals surface area contributed by atoms with Crippen molar-refractivity contribution in [1.29, 1.82) is 0 Å². The highest BCUT2D eigenvalue weighted by atomic mass is 79.9. The average Bonchev–Trinajstić information content (AvgIpc) is 2.74. The van der Waals surface area contributed by atoms with E-state index in [0.717, 1.165) is 6.54 Å². The van der Waals surface area contributed by atoms with Crippen molar-refractivity contribution in [3.8, 4) is 5.88 Å². The number of hydrogen-bond donors (Lipinski definition) is 3. The Balaban J connectivity index is 0.00000144. The number of aryl methyl sites for hydroxylation is 1. The molecule has 1 aliphatic rings. The van der Waals surface area contributed by atoms with Crippen molar-refractivity contribution in [2.45, 2.75) is 6.92 Å². The second-order valence-electron chi connectivity index (χ2n) is 3.32. The minimum Gasteiger partial charge on any atom is -0.479 e. The highest BCUT2D eigenvalue weighted by Crippen LogP contribution is 2.15. The van der Waals surface area contributed by atoms with E-state index in [-0.39, 0.29) is 34.1 Å². The van der Waals surface area contributed by atoms with Crippen LogP contribution >= 0.6 is 17.0 Å². The molecule has 0 saturated carbocycles. The Morgan fingerprint density at radius 3 is 2.82 bits per heavy atom. The van der Waals surface area contributed by atoms with E-state index in [2.05, 4.69) is 25.6 Å². The first-order chi connectivity index (χ1) is 7.70. The van der Waals surface area contributed by atoms with Crippen LogP contribution in [0.3, 0.4) is 0 Å². The molecule has 0 atom stereocenters. The maximum Gasteiger partial charge on any atom is 0.278 e. The molecule has 2 rings (SSSR count). The lowest BCUT2D eigenvalue weighted by atomic mass is 10.4. The molecule has 0 radical (unpaired) electrons. The summed E-state index contributed by atoms with van der Waals surface area (Å²) < 4.78 is 5.04. The van der Waals surface area contributed by atoms with Crippen molar-refractivity contribution in [3.63, 3.8) is 0 Å². The minimum absolute atomic E-state index is 0. The van der Waals surface area contributed by atoms with E-state index in [1.54, 1.807) is 6.92 Å². The number of nitrogens with one attached hydrogen (secondary N) is 3. The second-order valence-corrected chi connectivity index (χ2v) is 3.32. The topological polar surface area (TPSA) is 91.4 Å². The van der Waals surface area contributed by atoms with Crippen LogP contribution in [0, 0.1) is 6.92 Å². The third-order valence-electron chi connectivity index (χ3n) is 2.12. The molecule has 3 N–H and O–H groups in total. The van der Waals surface area contributed by atoms with Gasteiger partial charge in [0.05, 0.1) is 13.7 Å². The minimum atomic E-state index is -0.277. The number of methoxy groups -OCH3 is 1. The standard InChI is InChI=1S/C9H13N5O2.BrH/c1-5-12-7(15)6(8(13-5)16-2)14-9-10-3-4-11-9;/h3-4H2,1-2H3,(H2,10,11,14)(H,12,13,15);1H. The zero-order chi connectivity index (χ0) is 11.5. The van der Waals surface area contributed by atoms with Crippen LogP contribution in [-0.2, 0) is 0 Å². The zero-order valence-electron chi connectivity index (χ0n) is 9.53. The van der Waals surface area contributed by atoms with Gasteiger partial charge in [0.1, 0.15) is 5.82 Å². The fraction of sp³-hybridized carbons (Fsp3) is 0.444. The van der Waals surface area contributed by atoms with Crippen LogP contribution in [0.25, 0.3) is 0 Å². The van der Waals surface area contributed by atoms with Crippen molar-refractivity contribution < 1.29 is 4.74 Å². The molecule has 1 aromatic heterocycles. The van der Waals surface area contributed by atoms with Gasteiger partial charge < -0.3 is 20.4 Å². The van der Waals surface area contributed by atoms with Crippen molar-refractivity contribution in [3.05, 3.63) is 16.2 Å². The van der Waals surface area contributed by atoms with Crippen LogP contribution in [0.2, 0.25) is 0 Å². The molecule has 2 heterocycles. The van der Waals surface area contributed by atoms with E-state index in [4.69, 9.17) is 4.74 Å². The predicted octanol–water partition coefficient (Wildman–Crippen LogP) is 0.0359. The number of aromatic amines is 1. The van der Waals surface area contributed by atoms with Gasteiger partial charge in [0.2, 0.25) is 5.88 Å². The van der Waals surface area contributed by atoms with Crippen LogP contribution in [-0.4, -0.2) is 36.1 Å². The van der Waals surface area contributed by atoms with Crippen LogP contribution in [0.5, 0.6) is 5.88 Å². The van der Waals surface area contributed by atoms with Crippen molar-refractivity contribution in [2.75, 3.05) is 25.5 Å². The molecule has 8 heteroatoms. The number of anilines is 1. The highest BCUT2D eigenvalue weighted by molar-refractivity contribution is 8.93. The number of aromatic nitrogens is 2. The first-order valence-corrected chi connectivity index (χ1v) is 4.91. The number of nitrogens with zero attached hydrogens (tertiary/aromatic N) is 2. The Hall–Kier alpha value is -1.57. The van der Waals surface area contributed by atoms with Gasteiger partial charge in [0.25, 0.3) is 5.56 Å². The lowest BCUT2D eigenvalue weighted by Gasteiger charge is -2.09. The van der Waals surface area contributed by atoms with Gasteiger partial charge in [0, 0.05) is 6.54 Å². The summed E-state index contributed by atoms with van der Waals surface area (Å²) in [5.41, 5.74) is -0.0120. The molecule has 17 heavy (non-hydrogen) atoms. The fourth-order valence-corrected chi connectivity index (χ4v) is 1.42. The number of rotatable bonds is 2. The summed E-state index contributed by atoms with van der Waals surface area (Å²) in [6.07, 6.45) is 0. The van der Waals surface area contributed by atoms with E-state index in [1.807, 2.05) is 0 Å². The molecule has 94 valence electrons. The zero-order valence-corrected chi connectivity index (χ0v) is 11.2. The molecular weight excluding hydrogens is 290 g/mol. The maximum absolute atomic E-state index is 11.7. The van der Waals surface area contributed by atoms with E-state index in [0.29, 0.717) is 18.3 Å². The monoisotopic (exact) mass is 303 g/mol. The molecule has 0 aromatic carbocycles. The lowest BCUT2D eigenvalue weighted by molar-refractivity contribution is 0.397. The molecule has 0 spiro atoms. The van der Waals surface area contributed by atoms with E-state index in [1.165, 1.54) is 7.11 Å². The quantitative estimate of drug-likeness (QED) is 0.717. The second kappa shape index (κ2) is 5.67. The smallest absolute Gasteiger partial charge is 0.278 e. The summed E-state index contributed by atoms with van der Waals surface area (Å²) in [6.45, 7) is 3.16. The molecule has 7 nitrogen and oxygen atoms in total. The van der Waals surface area contributed by atoms with Gasteiger partial charge in [-0.3, -0.25) is 9.79 Å². The SMILES string of the molecule is Br.COc1nc(C)[nH]c(=O)c1NC1=NCCN1. The molecule has 0 aliphatic carbocycles. The van der Waals surface area contributed by atoms with Gasteiger partial charge in [-0.15, -0.1) is 17.0 Å². The molecule has 0 amide bonds. The Labute approximate surface area is 108 Å². The Kier molecular flexibility index (Phi) is 4.50. The van der Waals surface area contributed by atoms with E-state index in [9.17, 15) is 4.79 Å². The molecule has 0 bridgehead atoms. The average molecular weight is 304 g/mol. The number of halogens is 1. The summed E-state index contributed by atoms with van der Waals surface area (Å²) in [6, 6.07) is 0. The first-order valence-electron chi connectivity index (χ1n) is 4.91. The third kappa shape index (κ3) is 2.96. The Morgan fingerprint density at radius 2 is 2.24 bits per heavy atom. The van der Waals surface area contributed by atoms with Gasteiger partial charge in [-0.1, -0.05) is 0 Å². The van der Waals surface area contributed by atoms with Gasteiger partial charge in [-0.25, -0.2) is 0 Å². The molecule has 1 aliphatic heterocycles. The summed E-state index contributed by atoms with van der Waals surface area (Å²) >= 11 is 0. The summed E-state index contributed by atoms with van der Waals surface area (Å²) in [5.74, 6) is 1.33. The molecule has 0 unspecified atom stereocenters. The normalized spacial score (nSPS) is 13.4. The Morgan fingerprint density at radius 1 is 1.47 bits per heavy atom. The van der Waals surface area contributed by atoms with Crippen LogP contribution in [0.15, 0.2) is 9.79 Å². The lowest BCUT2D eigenvalue weighted by Crippen LogP contribution is -2.30. The molecule has 0 fully saturated rings. The van der Waals surface area contributed by atoms with Crippen LogP contribution < -0.4 is 20.9 Å². The fourth-order valence-electron chi connectivity index (χ4n) is 1.42. The molecular formula is C9H14BrN5O2. The largest absolute Gasteiger partial charge is 0.479 e. The highest BCUT2D eigenvalue weighted by Gasteiger charge is 2.14. The van der Waals surface area contributed by atoms with Crippen LogP contribution in [0.4, 0.5) is 5.69 Å². The van der Waals surface area contributed by atoms with Gasteiger partial charge in [-0.2, -0.15) is 4.98 Å².